The van der Waals surface area contributed by atoms with Gasteiger partial charge in [0.15, 0.2) is 5.82 Å². The van der Waals surface area contributed by atoms with E-state index >= 15 is 0 Å². The molecule has 0 spiro atoms. The molecule has 0 bridgehead atoms. The number of benzene rings is 1. The van der Waals surface area contributed by atoms with Crippen molar-refractivity contribution in [1.82, 2.24) is 19.7 Å². The third-order valence-corrected chi connectivity index (χ3v) is 5.28. The van der Waals surface area contributed by atoms with E-state index in [2.05, 4.69) is 46.7 Å². The fraction of sp³-hybridized carbons (Fsp3) is 0.250. The first-order valence-corrected chi connectivity index (χ1v) is 9.65. The highest BCUT2D eigenvalue weighted by molar-refractivity contribution is 7.17. The number of likely N-dealkylation sites (N-methyl/N-ethyl adjacent to an activating group) is 1. The van der Waals surface area contributed by atoms with Gasteiger partial charge in [-0.1, -0.05) is 30.3 Å². The van der Waals surface area contributed by atoms with Crippen LogP contribution in [0.25, 0.3) is 21.3 Å². The quantitative estimate of drug-likeness (QED) is 0.488. The molecule has 3 aromatic heterocycles. The summed E-state index contributed by atoms with van der Waals surface area (Å²) in [6.45, 7) is 1.98. The molecule has 0 fully saturated rings. The summed E-state index contributed by atoms with van der Waals surface area (Å²) in [6, 6.07) is 12.3. The number of fused-ring (bicyclic) bond motifs is 1. The molecule has 0 amide bonds. The van der Waals surface area contributed by atoms with Crippen LogP contribution in [0.4, 0.5) is 5.82 Å². The zero-order valence-corrected chi connectivity index (χ0v) is 16.2. The van der Waals surface area contributed by atoms with Gasteiger partial charge < -0.3 is 9.64 Å². The molecule has 0 saturated heterocycles. The summed E-state index contributed by atoms with van der Waals surface area (Å²) in [5.41, 5.74) is 2.34. The van der Waals surface area contributed by atoms with E-state index in [4.69, 9.17) is 14.7 Å². The molecule has 0 unspecified atom stereocenters. The van der Waals surface area contributed by atoms with Gasteiger partial charge in [0.05, 0.1) is 11.9 Å². The summed E-state index contributed by atoms with van der Waals surface area (Å²) in [5, 5.41) is 7.54. The number of hydrogen-bond donors (Lipinski definition) is 0. The fourth-order valence-electron chi connectivity index (χ4n) is 3.06. The highest BCUT2D eigenvalue weighted by Crippen LogP contribution is 2.38. The van der Waals surface area contributed by atoms with E-state index in [1.807, 2.05) is 23.0 Å². The second-order valence-electron chi connectivity index (χ2n) is 6.28. The number of nitrogens with zero attached hydrogens (tertiary/aromatic N) is 5. The van der Waals surface area contributed by atoms with Crippen molar-refractivity contribution in [3.8, 4) is 11.1 Å². The molecule has 1 aromatic carbocycles. The lowest BCUT2D eigenvalue weighted by Crippen LogP contribution is -2.24. The second-order valence-corrected chi connectivity index (χ2v) is 7.14. The van der Waals surface area contributed by atoms with Crippen LogP contribution < -0.4 is 4.90 Å². The van der Waals surface area contributed by atoms with Crippen molar-refractivity contribution in [2.24, 2.45) is 0 Å². The molecule has 6 nitrogen and oxygen atoms in total. The van der Waals surface area contributed by atoms with Crippen LogP contribution in [0.15, 0.2) is 54.2 Å². The SMILES string of the molecule is COCc1nc(N(C)CCn2cccn2)c2c(-c3ccccc3)csc2n1. The lowest BCUT2D eigenvalue weighted by molar-refractivity contribution is 0.178. The number of hydrogen-bond acceptors (Lipinski definition) is 6. The van der Waals surface area contributed by atoms with Crippen LogP contribution in [0.3, 0.4) is 0 Å². The van der Waals surface area contributed by atoms with Crippen LogP contribution in [0.5, 0.6) is 0 Å². The largest absolute Gasteiger partial charge is 0.377 e. The van der Waals surface area contributed by atoms with Crippen molar-refractivity contribution in [1.29, 1.82) is 0 Å². The number of methoxy groups -OCH3 is 1. The number of ether oxygens (including phenoxy) is 1. The zero-order valence-electron chi connectivity index (χ0n) is 15.4. The monoisotopic (exact) mass is 379 g/mol. The molecule has 0 aliphatic carbocycles. The molecule has 4 aromatic rings. The average Bonchev–Trinajstić information content (AvgIpc) is 3.36. The molecule has 0 N–H and O–H groups in total. The lowest BCUT2D eigenvalue weighted by Gasteiger charge is -2.20. The lowest BCUT2D eigenvalue weighted by atomic mass is 10.1. The van der Waals surface area contributed by atoms with Crippen LogP contribution >= 0.6 is 11.3 Å². The first-order valence-electron chi connectivity index (χ1n) is 8.77. The van der Waals surface area contributed by atoms with Gasteiger partial charge in [-0.2, -0.15) is 5.10 Å². The van der Waals surface area contributed by atoms with Gasteiger partial charge in [-0.05, 0) is 11.6 Å². The van der Waals surface area contributed by atoms with Gasteiger partial charge in [-0.3, -0.25) is 4.68 Å². The van der Waals surface area contributed by atoms with Crippen molar-refractivity contribution in [2.45, 2.75) is 13.2 Å². The Bertz CT molecular complexity index is 1010. The summed E-state index contributed by atoms with van der Waals surface area (Å²) >= 11 is 1.65. The first kappa shape index (κ1) is 17.6. The Labute approximate surface area is 162 Å². The van der Waals surface area contributed by atoms with E-state index in [9.17, 15) is 0 Å². The van der Waals surface area contributed by atoms with Gasteiger partial charge in [0.25, 0.3) is 0 Å². The Morgan fingerprint density at radius 1 is 1.15 bits per heavy atom. The maximum atomic E-state index is 5.27. The van der Waals surface area contributed by atoms with Gasteiger partial charge in [-0.25, -0.2) is 9.97 Å². The molecule has 138 valence electrons. The molecular formula is C20H21N5OS. The first-order chi connectivity index (χ1) is 13.3. The highest BCUT2D eigenvalue weighted by atomic mass is 32.1. The number of rotatable bonds is 7. The molecule has 4 rings (SSSR count). The smallest absolute Gasteiger partial charge is 0.158 e. The molecule has 7 heteroatoms. The highest BCUT2D eigenvalue weighted by Gasteiger charge is 2.18. The van der Waals surface area contributed by atoms with Crippen molar-refractivity contribution < 1.29 is 4.74 Å². The Morgan fingerprint density at radius 3 is 2.74 bits per heavy atom. The average molecular weight is 379 g/mol. The fourth-order valence-corrected chi connectivity index (χ4v) is 4.02. The number of anilines is 1. The maximum absolute atomic E-state index is 5.27. The minimum Gasteiger partial charge on any atom is -0.377 e. The summed E-state index contributed by atoms with van der Waals surface area (Å²) in [5.74, 6) is 1.63. The van der Waals surface area contributed by atoms with Crippen molar-refractivity contribution in [3.63, 3.8) is 0 Å². The van der Waals surface area contributed by atoms with Crippen molar-refractivity contribution in [3.05, 3.63) is 60.0 Å². The van der Waals surface area contributed by atoms with Gasteiger partial charge in [0.2, 0.25) is 0 Å². The predicted octanol–water partition coefficient (Wildman–Crippen LogP) is 3.84. The van der Waals surface area contributed by atoms with Gasteiger partial charge >= 0.3 is 0 Å². The number of aromatic nitrogens is 4. The van der Waals surface area contributed by atoms with E-state index in [1.165, 1.54) is 11.1 Å². The van der Waals surface area contributed by atoms with Crippen LogP contribution in [-0.4, -0.2) is 40.5 Å². The van der Waals surface area contributed by atoms with E-state index in [0.717, 1.165) is 29.1 Å². The third-order valence-electron chi connectivity index (χ3n) is 4.40. The summed E-state index contributed by atoms with van der Waals surface area (Å²) in [4.78, 5) is 12.7. The number of thiophene rings is 1. The Balaban J connectivity index is 1.76. The molecule has 0 saturated carbocycles. The van der Waals surface area contributed by atoms with Crippen LogP contribution in [-0.2, 0) is 17.9 Å². The van der Waals surface area contributed by atoms with E-state index < -0.39 is 0 Å². The summed E-state index contributed by atoms with van der Waals surface area (Å²) in [7, 11) is 3.73. The zero-order chi connectivity index (χ0) is 18.6. The predicted molar refractivity (Wildman–Crippen MR) is 109 cm³/mol. The summed E-state index contributed by atoms with van der Waals surface area (Å²) in [6.07, 6.45) is 3.77. The molecule has 0 aliphatic heterocycles. The molecule has 3 heterocycles. The van der Waals surface area contributed by atoms with Gasteiger partial charge in [-0.15, -0.1) is 11.3 Å². The van der Waals surface area contributed by atoms with Crippen LogP contribution in [0.1, 0.15) is 5.82 Å². The second kappa shape index (κ2) is 7.85. The van der Waals surface area contributed by atoms with Gasteiger partial charge in [0, 0.05) is 44.0 Å². The Kier molecular flexibility index (Phi) is 5.13. The van der Waals surface area contributed by atoms with E-state index in [1.54, 1.807) is 24.6 Å². The van der Waals surface area contributed by atoms with Crippen LogP contribution in [0, 0.1) is 0 Å². The Morgan fingerprint density at radius 2 is 2.00 bits per heavy atom. The maximum Gasteiger partial charge on any atom is 0.158 e. The van der Waals surface area contributed by atoms with Crippen molar-refractivity contribution >= 4 is 27.4 Å². The standard InChI is InChI=1S/C20H21N5OS/c1-24(11-12-25-10-6-9-21-25)19-18-16(15-7-4-3-5-8-15)14-27-20(18)23-17(22-19)13-26-2/h3-10,14H,11-13H2,1-2H3. The van der Waals surface area contributed by atoms with Crippen molar-refractivity contribution in [2.75, 3.05) is 25.6 Å². The third kappa shape index (κ3) is 3.70. The topological polar surface area (TPSA) is 56.1 Å². The molecule has 0 radical (unpaired) electrons. The summed E-state index contributed by atoms with van der Waals surface area (Å²) < 4.78 is 7.20. The molecule has 0 aliphatic rings. The van der Waals surface area contributed by atoms with E-state index in [0.29, 0.717) is 12.4 Å². The van der Waals surface area contributed by atoms with E-state index in [-0.39, 0.29) is 0 Å². The van der Waals surface area contributed by atoms with Crippen LogP contribution in [0.2, 0.25) is 0 Å². The minimum atomic E-state index is 0.397. The molecular weight excluding hydrogens is 358 g/mol. The molecule has 0 atom stereocenters. The minimum absolute atomic E-state index is 0.397. The molecule has 27 heavy (non-hydrogen) atoms. The normalized spacial score (nSPS) is 11.2. The Hall–Kier alpha value is -2.77. The van der Waals surface area contributed by atoms with Gasteiger partial charge in [0.1, 0.15) is 17.3 Å².